The maximum absolute atomic E-state index is 10.9. The molecular weight excluding hydrogens is 246 g/mol. The predicted molar refractivity (Wildman–Crippen MR) is 73.7 cm³/mol. The highest BCUT2D eigenvalue weighted by Crippen LogP contribution is 2.34. The van der Waals surface area contributed by atoms with Crippen molar-refractivity contribution < 1.29 is 4.79 Å². The molecule has 5 heteroatoms. The molecule has 1 aromatic heterocycles. The molecule has 1 aromatic rings. The van der Waals surface area contributed by atoms with Gasteiger partial charge in [-0.1, -0.05) is 31.0 Å². The average molecular weight is 267 g/mol. The molecule has 0 bridgehead atoms. The van der Waals surface area contributed by atoms with Crippen molar-refractivity contribution in [2.75, 3.05) is 5.75 Å². The number of carbonyl (C=O) groups excluding carboxylic acids is 1. The normalized spacial score (nSPS) is 17.0. The molecule has 4 nitrogen and oxygen atoms in total. The molecule has 0 atom stereocenters. The molecule has 1 fully saturated rings. The van der Waals surface area contributed by atoms with Crippen molar-refractivity contribution in [1.82, 2.24) is 9.55 Å². The minimum atomic E-state index is -0.284. The van der Waals surface area contributed by atoms with Crippen molar-refractivity contribution in [2.24, 2.45) is 5.73 Å². The molecule has 100 valence electrons. The van der Waals surface area contributed by atoms with E-state index in [9.17, 15) is 4.79 Å². The van der Waals surface area contributed by atoms with E-state index < -0.39 is 0 Å². The number of primary amides is 1. The second-order valence-electron chi connectivity index (χ2n) is 4.98. The minimum Gasteiger partial charge on any atom is -0.369 e. The molecule has 0 aliphatic heterocycles. The van der Waals surface area contributed by atoms with Crippen LogP contribution in [0.1, 0.15) is 49.5 Å². The summed E-state index contributed by atoms with van der Waals surface area (Å²) in [5.41, 5.74) is 7.51. The van der Waals surface area contributed by atoms with Crippen LogP contribution in [0, 0.1) is 13.8 Å². The first kappa shape index (κ1) is 13.5. The third-order valence-electron chi connectivity index (χ3n) is 3.64. The number of carbonyl (C=O) groups is 1. The van der Waals surface area contributed by atoms with Gasteiger partial charge in [0.25, 0.3) is 0 Å². The zero-order valence-electron chi connectivity index (χ0n) is 11.1. The number of amides is 1. The molecule has 0 aromatic carbocycles. The molecule has 1 heterocycles. The van der Waals surface area contributed by atoms with E-state index in [1.54, 1.807) is 0 Å². The number of hydrogen-bond donors (Lipinski definition) is 1. The SMILES string of the molecule is Cc1nc(SCC(N)=O)n(C2CCCCC2)c1C. The number of thioether (sulfide) groups is 1. The first-order valence-electron chi connectivity index (χ1n) is 6.56. The van der Waals surface area contributed by atoms with Crippen LogP contribution in [0.2, 0.25) is 0 Å². The fourth-order valence-electron chi connectivity index (χ4n) is 2.60. The largest absolute Gasteiger partial charge is 0.369 e. The molecule has 0 unspecified atom stereocenters. The molecule has 1 aliphatic rings. The summed E-state index contributed by atoms with van der Waals surface area (Å²) in [5.74, 6) is 0.0244. The second kappa shape index (κ2) is 5.78. The molecule has 0 spiro atoms. The molecule has 1 saturated carbocycles. The van der Waals surface area contributed by atoms with Crippen molar-refractivity contribution in [1.29, 1.82) is 0 Å². The Balaban J connectivity index is 2.22. The van der Waals surface area contributed by atoms with Crippen molar-refractivity contribution >= 4 is 17.7 Å². The van der Waals surface area contributed by atoms with Crippen LogP contribution in [0.15, 0.2) is 5.16 Å². The van der Waals surface area contributed by atoms with Gasteiger partial charge in [0, 0.05) is 11.7 Å². The van der Waals surface area contributed by atoms with Gasteiger partial charge in [-0.3, -0.25) is 4.79 Å². The Labute approximate surface area is 112 Å². The van der Waals surface area contributed by atoms with E-state index in [0.717, 1.165) is 10.9 Å². The van der Waals surface area contributed by atoms with Crippen molar-refractivity contribution in [2.45, 2.75) is 57.1 Å². The lowest BCUT2D eigenvalue weighted by atomic mass is 9.95. The Morgan fingerprint density at radius 3 is 2.67 bits per heavy atom. The van der Waals surface area contributed by atoms with E-state index >= 15 is 0 Å². The molecule has 2 N–H and O–H groups in total. The summed E-state index contributed by atoms with van der Waals surface area (Å²) < 4.78 is 2.32. The number of nitrogens with two attached hydrogens (primary N) is 1. The van der Waals surface area contributed by atoms with Gasteiger partial charge in [0.15, 0.2) is 5.16 Å². The molecule has 18 heavy (non-hydrogen) atoms. The maximum Gasteiger partial charge on any atom is 0.227 e. The van der Waals surface area contributed by atoms with E-state index in [1.165, 1.54) is 49.6 Å². The zero-order valence-corrected chi connectivity index (χ0v) is 11.9. The van der Waals surface area contributed by atoms with Gasteiger partial charge in [-0.25, -0.2) is 4.98 Å². The summed E-state index contributed by atoms with van der Waals surface area (Å²) in [7, 11) is 0. The quantitative estimate of drug-likeness (QED) is 0.853. The van der Waals surface area contributed by atoms with Crippen molar-refractivity contribution in [3.8, 4) is 0 Å². The first-order valence-corrected chi connectivity index (χ1v) is 7.54. The highest BCUT2D eigenvalue weighted by atomic mass is 32.2. The number of aryl methyl sites for hydroxylation is 1. The van der Waals surface area contributed by atoms with E-state index in [1.807, 2.05) is 6.92 Å². The van der Waals surface area contributed by atoms with Crippen molar-refractivity contribution in [3.63, 3.8) is 0 Å². The molecule has 0 saturated heterocycles. The highest BCUT2D eigenvalue weighted by Gasteiger charge is 2.22. The minimum absolute atomic E-state index is 0.284. The average Bonchev–Trinajstić information content (AvgIpc) is 2.64. The van der Waals surface area contributed by atoms with Crippen LogP contribution >= 0.6 is 11.8 Å². The lowest BCUT2D eigenvalue weighted by molar-refractivity contribution is -0.115. The third kappa shape index (κ3) is 2.88. The van der Waals surface area contributed by atoms with Crippen molar-refractivity contribution in [3.05, 3.63) is 11.4 Å². The smallest absolute Gasteiger partial charge is 0.227 e. The van der Waals surface area contributed by atoms with E-state index in [2.05, 4.69) is 16.5 Å². The summed E-state index contributed by atoms with van der Waals surface area (Å²) in [6.45, 7) is 4.15. The number of nitrogens with zero attached hydrogens (tertiary/aromatic N) is 2. The van der Waals surface area contributed by atoms with Crippen LogP contribution in [-0.4, -0.2) is 21.2 Å². The van der Waals surface area contributed by atoms with Crippen LogP contribution in [-0.2, 0) is 4.79 Å². The Bertz CT molecular complexity index is 436. The number of imidazole rings is 1. The Kier molecular flexibility index (Phi) is 4.32. The summed E-state index contributed by atoms with van der Waals surface area (Å²) in [6.07, 6.45) is 6.37. The summed E-state index contributed by atoms with van der Waals surface area (Å²) >= 11 is 1.46. The van der Waals surface area contributed by atoms with Crippen LogP contribution in [0.25, 0.3) is 0 Å². The fourth-order valence-corrected chi connectivity index (χ4v) is 3.50. The topological polar surface area (TPSA) is 60.9 Å². The van der Waals surface area contributed by atoms with Gasteiger partial charge < -0.3 is 10.3 Å². The second-order valence-corrected chi connectivity index (χ2v) is 5.92. The lowest BCUT2D eigenvalue weighted by Gasteiger charge is -2.25. The molecule has 1 aliphatic carbocycles. The summed E-state index contributed by atoms with van der Waals surface area (Å²) in [5, 5.41) is 0.954. The van der Waals surface area contributed by atoms with Gasteiger partial charge in [0.1, 0.15) is 0 Å². The standard InChI is InChI=1S/C13H21N3OS/c1-9-10(2)16(11-6-4-3-5-7-11)13(15-9)18-8-12(14)17/h11H,3-8H2,1-2H3,(H2,14,17). The van der Waals surface area contributed by atoms with Gasteiger partial charge in [-0.05, 0) is 26.7 Å². The highest BCUT2D eigenvalue weighted by molar-refractivity contribution is 7.99. The van der Waals surface area contributed by atoms with Crippen LogP contribution in [0.5, 0.6) is 0 Å². The fraction of sp³-hybridized carbons (Fsp3) is 0.692. The maximum atomic E-state index is 10.9. The Morgan fingerprint density at radius 2 is 2.06 bits per heavy atom. The van der Waals surface area contributed by atoms with Gasteiger partial charge in [0.05, 0.1) is 11.4 Å². The lowest BCUT2D eigenvalue weighted by Crippen LogP contribution is -2.17. The zero-order chi connectivity index (χ0) is 13.1. The predicted octanol–water partition coefficient (Wildman–Crippen LogP) is 2.58. The van der Waals surface area contributed by atoms with E-state index in [0.29, 0.717) is 11.8 Å². The van der Waals surface area contributed by atoms with Gasteiger partial charge in [-0.2, -0.15) is 0 Å². The Hall–Kier alpha value is -0.970. The number of hydrogen-bond acceptors (Lipinski definition) is 3. The van der Waals surface area contributed by atoms with Gasteiger partial charge in [0.2, 0.25) is 5.91 Å². The molecule has 0 radical (unpaired) electrons. The third-order valence-corrected chi connectivity index (χ3v) is 4.61. The number of rotatable bonds is 4. The van der Waals surface area contributed by atoms with Crippen LogP contribution < -0.4 is 5.73 Å². The summed E-state index contributed by atoms with van der Waals surface area (Å²) in [4.78, 5) is 15.5. The molecular formula is C13H21N3OS. The van der Waals surface area contributed by atoms with Crippen LogP contribution in [0.3, 0.4) is 0 Å². The summed E-state index contributed by atoms with van der Waals surface area (Å²) in [6, 6.07) is 0.551. The monoisotopic (exact) mass is 267 g/mol. The van der Waals surface area contributed by atoms with Crippen LogP contribution in [0.4, 0.5) is 0 Å². The van der Waals surface area contributed by atoms with Gasteiger partial charge >= 0.3 is 0 Å². The van der Waals surface area contributed by atoms with E-state index in [-0.39, 0.29) is 5.91 Å². The Morgan fingerprint density at radius 1 is 1.39 bits per heavy atom. The first-order chi connectivity index (χ1) is 8.59. The molecule has 2 rings (SSSR count). The van der Waals surface area contributed by atoms with E-state index in [4.69, 9.17) is 5.73 Å². The van der Waals surface area contributed by atoms with Gasteiger partial charge in [-0.15, -0.1) is 0 Å². The molecule has 1 amide bonds. The number of aromatic nitrogens is 2.